The molecule has 3 aromatic rings. The van der Waals surface area contributed by atoms with Crippen LogP contribution < -0.4 is 4.74 Å². The van der Waals surface area contributed by atoms with Gasteiger partial charge in [-0.15, -0.1) is 0 Å². The lowest BCUT2D eigenvalue weighted by molar-refractivity contribution is 0.205. The first-order chi connectivity index (χ1) is 15.8. The summed E-state index contributed by atoms with van der Waals surface area (Å²) in [6, 6.07) is 22.3. The van der Waals surface area contributed by atoms with Gasteiger partial charge in [0, 0.05) is 26.2 Å². The van der Waals surface area contributed by atoms with Crippen LogP contribution in [0.3, 0.4) is 0 Å². The van der Waals surface area contributed by atoms with Crippen LogP contribution in [0.25, 0.3) is 10.8 Å². The lowest BCUT2D eigenvalue weighted by Gasteiger charge is -2.26. The molecule has 3 aromatic carbocycles. The third-order valence-corrected chi connectivity index (χ3v) is 7.13. The van der Waals surface area contributed by atoms with Crippen molar-refractivity contribution in [2.75, 3.05) is 39.3 Å². The van der Waals surface area contributed by atoms with E-state index >= 15 is 0 Å². The van der Waals surface area contributed by atoms with E-state index in [2.05, 4.69) is 70.5 Å². The lowest BCUT2D eigenvalue weighted by Crippen LogP contribution is -2.31. The average Bonchev–Trinajstić information content (AvgIpc) is 3.04. The maximum Gasteiger partial charge on any atom is 0.119 e. The number of likely N-dealkylation sites (tertiary alicyclic amines) is 1. The van der Waals surface area contributed by atoms with Gasteiger partial charge >= 0.3 is 0 Å². The molecule has 2 heterocycles. The number of fused-ring (bicyclic) bond motifs is 2. The average molecular weight is 429 g/mol. The van der Waals surface area contributed by atoms with Crippen molar-refractivity contribution in [1.82, 2.24) is 9.80 Å². The third-order valence-electron chi connectivity index (χ3n) is 7.13. The molecule has 0 aliphatic carbocycles. The van der Waals surface area contributed by atoms with E-state index in [0.29, 0.717) is 0 Å². The van der Waals surface area contributed by atoms with Crippen LogP contribution in [-0.2, 0) is 19.4 Å². The first-order valence-electron chi connectivity index (χ1n) is 12.5. The van der Waals surface area contributed by atoms with Crippen molar-refractivity contribution in [2.45, 2.75) is 45.1 Å². The Morgan fingerprint density at radius 3 is 2.38 bits per heavy atom. The molecule has 0 N–H and O–H groups in total. The van der Waals surface area contributed by atoms with Crippen LogP contribution in [0.15, 0.2) is 60.7 Å². The van der Waals surface area contributed by atoms with Gasteiger partial charge in [0.25, 0.3) is 0 Å². The zero-order valence-electron chi connectivity index (χ0n) is 19.3. The molecule has 0 radical (unpaired) electrons. The van der Waals surface area contributed by atoms with Crippen LogP contribution >= 0.6 is 0 Å². The first-order valence-corrected chi connectivity index (χ1v) is 12.5. The fourth-order valence-electron chi connectivity index (χ4n) is 5.25. The van der Waals surface area contributed by atoms with Gasteiger partial charge in [0.15, 0.2) is 0 Å². The van der Waals surface area contributed by atoms with Crippen LogP contribution in [0.5, 0.6) is 5.75 Å². The topological polar surface area (TPSA) is 15.7 Å². The number of hydrogen-bond donors (Lipinski definition) is 0. The number of benzene rings is 3. The molecule has 32 heavy (non-hydrogen) atoms. The monoisotopic (exact) mass is 428 g/mol. The molecular formula is C29H36N2O. The van der Waals surface area contributed by atoms with Crippen molar-refractivity contribution in [2.24, 2.45) is 0 Å². The van der Waals surface area contributed by atoms with Gasteiger partial charge < -0.3 is 9.64 Å². The summed E-state index contributed by atoms with van der Waals surface area (Å²) in [5.41, 5.74) is 4.37. The highest BCUT2D eigenvalue weighted by atomic mass is 16.5. The number of hydrogen-bond acceptors (Lipinski definition) is 3. The van der Waals surface area contributed by atoms with Gasteiger partial charge in [0.1, 0.15) is 5.75 Å². The fraction of sp³-hybridized carbons (Fsp3) is 0.448. The Balaban J connectivity index is 1.13. The molecule has 0 bridgehead atoms. The van der Waals surface area contributed by atoms with E-state index in [-0.39, 0.29) is 0 Å². The quantitative estimate of drug-likeness (QED) is 0.449. The van der Waals surface area contributed by atoms with Crippen LogP contribution in [-0.4, -0.2) is 49.1 Å². The van der Waals surface area contributed by atoms with Crippen LogP contribution in [0.4, 0.5) is 0 Å². The predicted molar refractivity (Wildman–Crippen MR) is 133 cm³/mol. The molecule has 5 rings (SSSR count). The molecule has 0 spiro atoms. The molecule has 3 nitrogen and oxygen atoms in total. The van der Waals surface area contributed by atoms with Crippen molar-refractivity contribution in [3.05, 3.63) is 77.4 Å². The van der Waals surface area contributed by atoms with E-state index in [0.717, 1.165) is 51.3 Å². The van der Waals surface area contributed by atoms with Crippen molar-refractivity contribution in [3.63, 3.8) is 0 Å². The molecule has 3 heteroatoms. The Hall–Kier alpha value is -2.36. The van der Waals surface area contributed by atoms with Gasteiger partial charge in [-0.05, 0) is 90.9 Å². The molecule has 0 atom stereocenters. The van der Waals surface area contributed by atoms with Gasteiger partial charge in [-0.3, -0.25) is 4.90 Å². The molecule has 1 saturated heterocycles. The zero-order chi connectivity index (χ0) is 21.6. The lowest BCUT2D eigenvalue weighted by atomic mass is 10.0. The summed E-state index contributed by atoms with van der Waals surface area (Å²) >= 11 is 0. The summed E-state index contributed by atoms with van der Waals surface area (Å²) in [5.74, 6) is 1.05. The Labute approximate surface area is 193 Å². The van der Waals surface area contributed by atoms with Crippen molar-refractivity contribution in [3.8, 4) is 5.75 Å². The van der Waals surface area contributed by atoms with Crippen molar-refractivity contribution >= 4 is 10.8 Å². The summed E-state index contributed by atoms with van der Waals surface area (Å²) in [6.45, 7) is 7.80. The highest BCUT2D eigenvalue weighted by Crippen LogP contribution is 2.24. The minimum absolute atomic E-state index is 0.823. The van der Waals surface area contributed by atoms with Crippen LogP contribution in [0, 0.1) is 0 Å². The third kappa shape index (κ3) is 5.51. The number of nitrogens with zero attached hydrogens (tertiary/aromatic N) is 2. The Bertz CT molecular complexity index is 1020. The van der Waals surface area contributed by atoms with E-state index in [1.807, 2.05) is 0 Å². The Morgan fingerprint density at radius 1 is 0.688 bits per heavy atom. The fourth-order valence-corrected chi connectivity index (χ4v) is 5.25. The number of piperidine rings is 1. The van der Waals surface area contributed by atoms with E-state index in [9.17, 15) is 0 Å². The minimum atomic E-state index is 0.823. The second kappa shape index (κ2) is 10.5. The second-order valence-electron chi connectivity index (χ2n) is 9.49. The number of ether oxygens (including phenoxy) is 1. The molecule has 2 aliphatic heterocycles. The summed E-state index contributed by atoms with van der Waals surface area (Å²) in [6.07, 6.45) is 7.48. The van der Waals surface area contributed by atoms with Crippen LogP contribution in [0.1, 0.15) is 42.4 Å². The summed E-state index contributed by atoms with van der Waals surface area (Å²) in [5, 5.41) is 2.66. The standard InChI is InChI=1S/C29H36N2O/c1-4-15-30(16-5-1)17-6-20-32-29-12-11-26-13-18-31(19-14-28(26)22-29)23-24-9-10-25-7-2-3-8-27(25)21-24/h2-3,7-12,21-22H,1,4-6,13-20,23H2. The molecule has 0 saturated carbocycles. The second-order valence-corrected chi connectivity index (χ2v) is 9.49. The summed E-state index contributed by atoms with van der Waals surface area (Å²) in [7, 11) is 0. The molecule has 2 aliphatic rings. The SMILES string of the molecule is c1ccc2cc(CN3CCc4ccc(OCCCN5CCCCC5)cc4CC3)ccc2c1. The number of rotatable bonds is 7. The summed E-state index contributed by atoms with van der Waals surface area (Å²) in [4.78, 5) is 5.19. The Morgan fingerprint density at radius 2 is 1.50 bits per heavy atom. The predicted octanol–water partition coefficient (Wildman–Crippen LogP) is 5.70. The largest absolute Gasteiger partial charge is 0.494 e. The molecule has 0 aromatic heterocycles. The molecule has 1 fully saturated rings. The van der Waals surface area contributed by atoms with E-state index in [1.165, 1.54) is 66.4 Å². The molecule has 168 valence electrons. The normalized spacial score (nSPS) is 17.8. The van der Waals surface area contributed by atoms with E-state index in [4.69, 9.17) is 4.74 Å². The Kier molecular flexibility index (Phi) is 7.05. The van der Waals surface area contributed by atoms with Gasteiger partial charge in [-0.25, -0.2) is 0 Å². The van der Waals surface area contributed by atoms with E-state index < -0.39 is 0 Å². The highest BCUT2D eigenvalue weighted by molar-refractivity contribution is 5.82. The van der Waals surface area contributed by atoms with Gasteiger partial charge in [-0.2, -0.15) is 0 Å². The maximum absolute atomic E-state index is 6.13. The van der Waals surface area contributed by atoms with Gasteiger partial charge in [0.05, 0.1) is 6.61 Å². The van der Waals surface area contributed by atoms with Crippen molar-refractivity contribution < 1.29 is 4.74 Å². The van der Waals surface area contributed by atoms with Gasteiger partial charge in [-0.1, -0.05) is 48.9 Å². The highest BCUT2D eigenvalue weighted by Gasteiger charge is 2.15. The van der Waals surface area contributed by atoms with Gasteiger partial charge in [0.2, 0.25) is 0 Å². The van der Waals surface area contributed by atoms with Crippen LogP contribution in [0.2, 0.25) is 0 Å². The maximum atomic E-state index is 6.13. The summed E-state index contributed by atoms with van der Waals surface area (Å²) < 4.78 is 6.13. The smallest absolute Gasteiger partial charge is 0.119 e. The van der Waals surface area contributed by atoms with E-state index in [1.54, 1.807) is 0 Å². The molecule has 0 amide bonds. The first kappa shape index (κ1) is 21.5. The molecule has 0 unspecified atom stereocenters. The molecular weight excluding hydrogens is 392 g/mol. The van der Waals surface area contributed by atoms with Crippen molar-refractivity contribution in [1.29, 1.82) is 0 Å². The zero-order valence-corrected chi connectivity index (χ0v) is 19.3. The minimum Gasteiger partial charge on any atom is -0.494 e.